The summed E-state index contributed by atoms with van der Waals surface area (Å²) in [6.07, 6.45) is 3.25. The second kappa shape index (κ2) is 10.9. The number of nitrogens with zero attached hydrogens (tertiary/aromatic N) is 6. The number of anilines is 3. The summed E-state index contributed by atoms with van der Waals surface area (Å²) in [5.41, 5.74) is 6.03. The molecule has 5 rings (SSSR count). The lowest BCUT2D eigenvalue weighted by Gasteiger charge is -2.32. The Morgan fingerprint density at radius 3 is 2.56 bits per heavy atom. The molecule has 0 bridgehead atoms. The molecule has 0 atom stereocenters. The third-order valence-corrected chi connectivity index (χ3v) is 7.15. The molecule has 1 aliphatic heterocycles. The van der Waals surface area contributed by atoms with Crippen molar-refractivity contribution >= 4 is 34.4 Å². The molecule has 0 unspecified atom stereocenters. The highest BCUT2D eigenvalue weighted by atomic mass is 16.1. The first-order valence-corrected chi connectivity index (χ1v) is 13.3. The first-order valence-electron chi connectivity index (χ1n) is 13.3. The molecule has 0 radical (unpaired) electrons. The van der Waals surface area contributed by atoms with Crippen LogP contribution in [-0.2, 0) is 12.0 Å². The topological polar surface area (TPSA) is 99.2 Å². The van der Waals surface area contributed by atoms with Gasteiger partial charge in [0.2, 0.25) is 5.95 Å². The van der Waals surface area contributed by atoms with Crippen LogP contribution in [0, 0.1) is 6.92 Å². The Balaban J connectivity index is 1.34. The van der Waals surface area contributed by atoms with Crippen LogP contribution in [0.3, 0.4) is 0 Å². The number of hydrogen-bond acceptors (Lipinski definition) is 8. The molecule has 2 aromatic carbocycles. The maximum Gasteiger partial charge on any atom is 0.251 e. The van der Waals surface area contributed by atoms with E-state index in [1.807, 2.05) is 37.3 Å². The monoisotopic (exact) mass is 524 g/mol. The minimum Gasteiger partial charge on any atom is -0.348 e. The molecule has 4 aromatic rings. The Labute approximate surface area is 229 Å². The summed E-state index contributed by atoms with van der Waals surface area (Å²) in [6.45, 7) is 12.7. The lowest BCUT2D eigenvalue weighted by atomic mass is 9.86. The Kier molecular flexibility index (Phi) is 7.43. The molecule has 1 fully saturated rings. The third kappa shape index (κ3) is 6.15. The Hall–Kier alpha value is -4.11. The number of carbonyl (C=O) groups excluding carboxylic acids is 1. The quantitative estimate of drug-likeness (QED) is 0.382. The van der Waals surface area contributed by atoms with Gasteiger partial charge in [0.1, 0.15) is 17.4 Å². The Morgan fingerprint density at radius 2 is 1.79 bits per heavy atom. The predicted molar refractivity (Wildman–Crippen MR) is 156 cm³/mol. The van der Waals surface area contributed by atoms with Crippen molar-refractivity contribution in [3.05, 3.63) is 77.2 Å². The summed E-state index contributed by atoms with van der Waals surface area (Å²) in [5, 5.41) is 6.46. The van der Waals surface area contributed by atoms with Crippen LogP contribution in [-0.4, -0.2) is 64.0 Å². The van der Waals surface area contributed by atoms with Crippen molar-refractivity contribution in [1.29, 1.82) is 0 Å². The van der Waals surface area contributed by atoms with Crippen LogP contribution >= 0.6 is 0 Å². The van der Waals surface area contributed by atoms with Gasteiger partial charge in [0, 0.05) is 44.0 Å². The summed E-state index contributed by atoms with van der Waals surface area (Å²) in [7, 11) is 2.12. The highest BCUT2D eigenvalue weighted by Gasteiger charge is 2.19. The number of benzene rings is 2. The molecule has 0 saturated carbocycles. The van der Waals surface area contributed by atoms with Crippen LogP contribution in [0.25, 0.3) is 11.0 Å². The largest absolute Gasteiger partial charge is 0.348 e. The van der Waals surface area contributed by atoms with Crippen LogP contribution in [0.15, 0.2) is 55.0 Å². The van der Waals surface area contributed by atoms with E-state index in [-0.39, 0.29) is 11.3 Å². The molecule has 1 saturated heterocycles. The standard InChI is InChI=1S/C30H36N8O/c1-20-9-10-22(28(39)31-17-21-7-6-8-23(15-21)30(2,3)4)16-24(20)35-27-26-25(33-19-34-27)18-32-29(36-26)38-13-11-37(5)12-14-38/h6-10,15-16,18-19H,11-14,17H2,1-5H3,(H,31,39)(H,33,34,35). The normalized spacial score (nSPS) is 14.4. The number of fused-ring (bicyclic) bond motifs is 1. The van der Waals surface area contributed by atoms with Crippen LogP contribution in [0.1, 0.15) is 47.8 Å². The number of amides is 1. The van der Waals surface area contributed by atoms with E-state index < -0.39 is 0 Å². The van der Waals surface area contributed by atoms with Gasteiger partial charge in [0.25, 0.3) is 5.91 Å². The maximum absolute atomic E-state index is 13.1. The van der Waals surface area contributed by atoms with Gasteiger partial charge in [-0.15, -0.1) is 0 Å². The predicted octanol–water partition coefficient (Wildman–Crippen LogP) is 4.45. The molecular weight excluding hydrogens is 488 g/mol. The SMILES string of the molecule is Cc1ccc(C(=O)NCc2cccc(C(C)(C)C)c2)cc1Nc1ncnc2cnc(N3CCN(C)CC3)nc12. The van der Waals surface area contributed by atoms with Crippen molar-refractivity contribution in [2.45, 2.75) is 39.7 Å². The van der Waals surface area contributed by atoms with Gasteiger partial charge in [-0.25, -0.2) is 19.9 Å². The van der Waals surface area contributed by atoms with Crippen molar-refractivity contribution in [2.24, 2.45) is 0 Å². The number of aryl methyl sites for hydroxylation is 1. The molecular formula is C30H36N8O. The fraction of sp³-hybridized carbons (Fsp3) is 0.367. The first-order chi connectivity index (χ1) is 18.7. The zero-order chi connectivity index (χ0) is 27.6. The van der Waals surface area contributed by atoms with Crippen molar-refractivity contribution in [3.63, 3.8) is 0 Å². The van der Waals surface area contributed by atoms with Gasteiger partial charge >= 0.3 is 0 Å². The van der Waals surface area contributed by atoms with E-state index >= 15 is 0 Å². The number of aromatic nitrogens is 4. The molecule has 39 heavy (non-hydrogen) atoms. The van der Waals surface area contributed by atoms with E-state index in [1.54, 1.807) is 6.20 Å². The van der Waals surface area contributed by atoms with E-state index in [0.29, 0.717) is 34.9 Å². The molecule has 202 valence electrons. The molecule has 9 heteroatoms. The van der Waals surface area contributed by atoms with Crippen LogP contribution in [0.5, 0.6) is 0 Å². The maximum atomic E-state index is 13.1. The molecule has 2 aromatic heterocycles. The fourth-order valence-corrected chi connectivity index (χ4v) is 4.55. The second-order valence-electron chi connectivity index (χ2n) is 11.2. The van der Waals surface area contributed by atoms with Crippen molar-refractivity contribution < 1.29 is 4.79 Å². The minimum atomic E-state index is -0.133. The molecule has 0 spiro atoms. The van der Waals surface area contributed by atoms with E-state index in [2.05, 4.69) is 75.3 Å². The van der Waals surface area contributed by atoms with E-state index in [9.17, 15) is 4.79 Å². The van der Waals surface area contributed by atoms with E-state index in [0.717, 1.165) is 43.0 Å². The van der Waals surface area contributed by atoms with Gasteiger partial charge in [0.05, 0.1) is 6.20 Å². The van der Waals surface area contributed by atoms with Gasteiger partial charge in [0.15, 0.2) is 5.82 Å². The zero-order valence-corrected chi connectivity index (χ0v) is 23.3. The van der Waals surface area contributed by atoms with Gasteiger partial charge in [-0.05, 0) is 48.2 Å². The lowest BCUT2D eigenvalue weighted by Crippen LogP contribution is -2.45. The molecule has 3 heterocycles. The summed E-state index contributed by atoms with van der Waals surface area (Å²) >= 11 is 0. The van der Waals surface area contributed by atoms with Gasteiger partial charge in [-0.3, -0.25) is 4.79 Å². The highest BCUT2D eigenvalue weighted by molar-refractivity contribution is 5.96. The number of piperazine rings is 1. The smallest absolute Gasteiger partial charge is 0.251 e. The number of nitrogens with one attached hydrogen (secondary N) is 2. The molecule has 0 aliphatic carbocycles. The minimum absolute atomic E-state index is 0.0545. The Bertz CT molecular complexity index is 1490. The molecule has 1 aliphatic rings. The van der Waals surface area contributed by atoms with Crippen molar-refractivity contribution in [2.75, 3.05) is 43.4 Å². The highest BCUT2D eigenvalue weighted by Crippen LogP contribution is 2.26. The van der Waals surface area contributed by atoms with Gasteiger partial charge in [-0.1, -0.05) is 51.1 Å². The van der Waals surface area contributed by atoms with E-state index in [1.165, 1.54) is 11.9 Å². The molecule has 1 amide bonds. The third-order valence-electron chi connectivity index (χ3n) is 7.15. The number of rotatable bonds is 6. The number of hydrogen-bond donors (Lipinski definition) is 2. The fourth-order valence-electron chi connectivity index (χ4n) is 4.55. The summed E-state index contributed by atoms with van der Waals surface area (Å²) in [5.74, 6) is 1.12. The summed E-state index contributed by atoms with van der Waals surface area (Å²) in [4.78, 5) is 35.8. The molecule has 9 nitrogen and oxygen atoms in total. The Morgan fingerprint density at radius 1 is 1.00 bits per heavy atom. The molecule has 2 N–H and O–H groups in total. The summed E-state index contributed by atoms with van der Waals surface area (Å²) < 4.78 is 0. The van der Waals surface area contributed by atoms with Crippen LogP contribution in [0.2, 0.25) is 0 Å². The first kappa shape index (κ1) is 26.5. The van der Waals surface area contributed by atoms with Gasteiger partial charge in [-0.2, -0.15) is 0 Å². The van der Waals surface area contributed by atoms with Crippen molar-refractivity contribution in [3.8, 4) is 0 Å². The van der Waals surface area contributed by atoms with Crippen LogP contribution < -0.4 is 15.5 Å². The second-order valence-corrected chi connectivity index (χ2v) is 11.2. The number of likely N-dealkylation sites (N-methyl/N-ethyl adjacent to an activating group) is 1. The lowest BCUT2D eigenvalue weighted by molar-refractivity contribution is 0.0951. The van der Waals surface area contributed by atoms with Crippen LogP contribution in [0.4, 0.5) is 17.5 Å². The zero-order valence-electron chi connectivity index (χ0n) is 23.3. The van der Waals surface area contributed by atoms with Gasteiger partial charge < -0.3 is 20.4 Å². The average molecular weight is 525 g/mol. The number of carbonyl (C=O) groups is 1. The van der Waals surface area contributed by atoms with Crippen molar-refractivity contribution in [1.82, 2.24) is 30.2 Å². The van der Waals surface area contributed by atoms with E-state index in [4.69, 9.17) is 4.98 Å². The average Bonchev–Trinajstić information content (AvgIpc) is 2.93. The summed E-state index contributed by atoms with van der Waals surface area (Å²) in [6, 6.07) is 14.0.